The molecule has 0 aromatic heterocycles. The van der Waals surface area contributed by atoms with Crippen LogP contribution in [0.25, 0.3) is 11.1 Å². The van der Waals surface area contributed by atoms with Gasteiger partial charge in [0.25, 0.3) is 0 Å². The molecule has 0 heteroatoms. The molecule has 0 amide bonds. The van der Waals surface area contributed by atoms with Crippen LogP contribution in [0, 0.1) is 13.8 Å². The highest BCUT2D eigenvalue weighted by molar-refractivity contribution is 5.79. The molecule has 0 radical (unpaired) electrons. The van der Waals surface area contributed by atoms with E-state index in [4.69, 9.17) is 0 Å². The molecular weight excluding hydrogens is 192 g/mol. The highest BCUT2D eigenvalue weighted by atomic mass is 14.2. The van der Waals surface area contributed by atoms with Gasteiger partial charge in [-0.1, -0.05) is 24.3 Å². The van der Waals surface area contributed by atoms with Crippen LogP contribution in [0.5, 0.6) is 0 Å². The van der Waals surface area contributed by atoms with Gasteiger partial charge in [-0.15, -0.1) is 0 Å². The molecule has 0 aromatic carbocycles. The summed E-state index contributed by atoms with van der Waals surface area (Å²) in [7, 11) is 0. The lowest BCUT2D eigenvalue weighted by atomic mass is 9.92. The monoisotopic (exact) mass is 210 g/mol. The van der Waals surface area contributed by atoms with Gasteiger partial charge in [0.05, 0.1) is 0 Å². The molecule has 0 saturated carbocycles. The Morgan fingerprint density at radius 3 is 2.56 bits per heavy atom. The Kier molecular flexibility index (Phi) is 2.24. The van der Waals surface area contributed by atoms with E-state index in [-0.39, 0.29) is 0 Å². The summed E-state index contributed by atoms with van der Waals surface area (Å²) in [5.41, 5.74) is 9.12. The van der Waals surface area contributed by atoms with Crippen LogP contribution in [0.15, 0.2) is 24.3 Å². The van der Waals surface area contributed by atoms with Crippen molar-refractivity contribution >= 4 is 0 Å². The summed E-state index contributed by atoms with van der Waals surface area (Å²) >= 11 is 0. The quantitative estimate of drug-likeness (QED) is 0.608. The van der Waals surface area contributed by atoms with E-state index in [1.165, 1.54) is 47.9 Å². The SMILES string of the molecule is Cc1cccc(C)c2c3c(cc1-2)CCCC3. The number of fused-ring (bicyclic) bond motifs is 3. The van der Waals surface area contributed by atoms with Crippen molar-refractivity contribution in [3.05, 3.63) is 46.5 Å². The molecule has 16 heavy (non-hydrogen) atoms. The Balaban J connectivity index is 2.36. The molecule has 0 aliphatic heterocycles. The van der Waals surface area contributed by atoms with Crippen LogP contribution >= 0.6 is 0 Å². The molecule has 0 atom stereocenters. The van der Waals surface area contributed by atoms with E-state index < -0.39 is 0 Å². The summed E-state index contributed by atoms with van der Waals surface area (Å²) in [4.78, 5) is 0. The first kappa shape index (κ1) is 9.89. The highest BCUT2D eigenvalue weighted by Gasteiger charge is 2.20. The van der Waals surface area contributed by atoms with E-state index in [2.05, 4.69) is 38.1 Å². The minimum absolute atomic E-state index is 1.28. The van der Waals surface area contributed by atoms with Crippen LogP contribution < -0.4 is 0 Å². The van der Waals surface area contributed by atoms with Crippen LogP contribution in [0.1, 0.15) is 35.1 Å². The lowest BCUT2D eigenvalue weighted by Crippen LogP contribution is -1.99. The fourth-order valence-electron chi connectivity index (χ4n) is 3.05. The van der Waals surface area contributed by atoms with Crippen molar-refractivity contribution in [3.63, 3.8) is 0 Å². The minimum Gasteiger partial charge on any atom is -0.0617 e. The molecule has 0 unspecified atom stereocenters. The van der Waals surface area contributed by atoms with Gasteiger partial charge in [0.15, 0.2) is 0 Å². The molecule has 0 N–H and O–H groups in total. The van der Waals surface area contributed by atoms with E-state index in [0.717, 1.165) is 0 Å². The zero-order valence-corrected chi connectivity index (χ0v) is 10.1. The van der Waals surface area contributed by atoms with E-state index in [9.17, 15) is 0 Å². The highest BCUT2D eigenvalue weighted by Crippen LogP contribution is 2.39. The molecule has 0 saturated heterocycles. The fraction of sp³-hybridized carbons (Fsp3) is 0.375. The van der Waals surface area contributed by atoms with Gasteiger partial charge in [-0.25, -0.2) is 0 Å². The second-order valence-corrected chi connectivity index (χ2v) is 5.04. The van der Waals surface area contributed by atoms with E-state index in [0.29, 0.717) is 0 Å². The number of hydrogen-bond donors (Lipinski definition) is 0. The topological polar surface area (TPSA) is 0 Å². The van der Waals surface area contributed by atoms with E-state index in [1.807, 2.05) is 0 Å². The Bertz CT molecular complexity index is 508. The smallest absolute Gasteiger partial charge is 0.0117 e. The normalized spacial score (nSPS) is 15.1. The van der Waals surface area contributed by atoms with E-state index in [1.54, 1.807) is 11.1 Å². The third kappa shape index (κ3) is 1.36. The second-order valence-electron chi connectivity index (χ2n) is 5.04. The summed E-state index contributed by atoms with van der Waals surface area (Å²) in [5.74, 6) is 0. The molecule has 3 aliphatic rings. The minimum atomic E-state index is 1.28. The van der Waals surface area contributed by atoms with Gasteiger partial charge in [0.1, 0.15) is 0 Å². The average Bonchev–Trinajstić information content (AvgIpc) is 2.61. The van der Waals surface area contributed by atoms with Crippen molar-refractivity contribution in [2.75, 3.05) is 0 Å². The first-order valence-electron chi connectivity index (χ1n) is 6.28. The van der Waals surface area contributed by atoms with Crippen molar-refractivity contribution < 1.29 is 0 Å². The zero-order chi connectivity index (χ0) is 11.1. The van der Waals surface area contributed by atoms with E-state index >= 15 is 0 Å². The Morgan fingerprint density at radius 1 is 0.938 bits per heavy atom. The number of rotatable bonds is 0. The first-order valence-corrected chi connectivity index (χ1v) is 6.28. The van der Waals surface area contributed by atoms with Crippen LogP contribution in [-0.4, -0.2) is 0 Å². The third-order valence-corrected chi connectivity index (χ3v) is 3.91. The molecular formula is C16H18. The predicted molar refractivity (Wildman–Crippen MR) is 69.2 cm³/mol. The van der Waals surface area contributed by atoms with Gasteiger partial charge in [-0.05, 0) is 72.9 Å². The summed E-state index contributed by atoms with van der Waals surface area (Å²) in [5, 5.41) is 0. The number of hydrogen-bond acceptors (Lipinski definition) is 0. The molecule has 0 aromatic rings. The van der Waals surface area contributed by atoms with Crippen molar-refractivity contribution in [2.45, 2.75) is 39.5 Å². The number of aryl methyl sites for hydroxylation is 3. The zero-order valence-electron chi connectivity index (χ0n) is 10.1. The fourth-order valence-corrected chi connectivity index (χ4v) is 3.05. The van der Waals surface area contributed by atoms with Crippen molar-refractivity contribution in [1.29, 1.82) is 0 Å². The molecule has 0 fully saturated rings. The Morgan fingerprint density at radius 2 is 1.69 bits per heavy atom. The summed E-state index contributed by atoms with van der Waals surface area (Å²) in [6, 6.07) is 9.11. The molecule has 0 nitrogen and oxygen atoms in total. The molecule has 82 valence electrons. The first-order chi connectivity index (χ1) is 7.77. The van der Waals surface area contributed by atoms with Crippen LogP contribution in [-0.2, 0) is 12.8 Å². The largest absolute Gasteiger partial charge is 0.0617 e. The summed E-state index contributed by atoms with van der Waals surface area (Å²) in [6.45, 7) is 4.48. The van der Waals surface area contributed by atoms with Crippen molar-refractivity contribution in [2.24, 2.45) is 0 Å². The van der Waals surface area contributed by atoms with Crippen LogP contribution in [0.4, 0.5) is 0 Å². The summed E-state index contributed by atoms with van der Waals surface area (Å²) in [6.07, 6.45) is 5.30. The lowest BCUT2D eigenvalue weighted by Gasteiger charge is -2.13. The van der Waals surface area contributed by atoms with Crippen LogP contribution in [0.3, 0.4) is 0 Å². The predicted octanol–water partition coefficient (Wildman–Crippen LogP) is 4.29. The molecule has 3 aliphatic carbocycles. The maximum absolute atomic E-state index is 2.44. The van der Waals surface area contributed by atoms with Crippen LogP contribution in [0.2, 0.25) is 0 Å². The van der Waals surface area contributed by atoms with Gasteiger partial charge in [-0.2, -0.15) is 0 Å². The maximum atomic E-state index is 2.44. The van der Waals surface area contributed by atoms with Gasteiger partial charge < -0.3 is 0 Å². The summed E-state index contributed by atoms with van der Waals surface area (Å²) < 4.78 is 0. The molecule has 0 bridgehead atoms. The van der Waals surface area contributed by atoms with Gasteiger partial charge in [-0.3, -0.25) is 0 Å². The third-order valence-electron chi connectivity index (χ3n) is 3.91. The maximum Gasteiger partial charge on any atom is -0.0117 e. The molecule has 0 spiro atoms. The van der Waals surface area contributed by atoms with Crippen molar-refractivity contribution in [1.82, 2.24) is 0 Å². The Hall–Kier alpha value is -1.30. The second kappa shape index (κ2) is 3.62. The van der Waals surface area contributed by atoms with Crippen molar-refractivity contribution in [3.8, 4) is 11.1 Å². The lowest BCUT2D eigenvalue weighted by molar-refractivity contribution is 0.691. The standard InChI is InChI=1S/C16H18/c1-11-6-5-7-12(2)16-14-9-4-3-8-13(14)10-15(11)16/h5-7,10H,3-4,8-9H2,1-2H3. The van der Waals surface area contributed by atoms with Gasteiger partial charge >= 0.3 is 0 Å². The Labute approximate surface area is 97.7 Å². The van der Waals surface area contributed by atoms with Gasteiger partial charge in [0, 0.05) is 0 Å². The van der Waals surface area contributed by atoms with Gasteiger partial charge in [0.2, 0.25) is 0 Å². The molecule has 3 rings (SSSR count). The molecule has 0 heterocycles. The average molecular weight is 210 g/mol.